The summed E-state index contributed by atoms with van der Waals surface area (Å²) in [5.41, 5.74) is 7.03. The van der Waals surface area contributed by atoms with Crippen LogP contribution in [0.2, 0.25) is 0 Å². The molecule has 0 radical (unpaired) electrons. The maximum absolute atomic E-state index is 14.7. The number of carbonyl (C=O) groups excluding carboxylic acids is 2. The van der Waals surface area contributed by atoms with Gasteiger partial charge in [-0.2, -0.15) is 0 Å². The number of nitrogens with zero attached hydrogens (tertiary/aromatic N) is 3. The molecule has 2 aromatic rings. The van der Waals surface area contributed by atoms with E-state index in [1.807, 2.05) is 35.2 Å². The standard InChI is InChI=1S/C27H32FN5O2/c28-22-8-4-5-9-24(22)32-18-33(21-6-2-1-3-7-21)27(26(32)35)12-14-31(15-13-27)25(34)19-10-11-23-20(16-19)17-29-30-23/h1-9,19-20,23,29-30H,10-18H2. The van der Waals surface area contributed by atoms with Crippen LogP contribution in [0, 0.1) is 17.7 Å². The number of hydrogen-bond donors (Lipinski definition) is 2. The van der Waals surface area contributed by atoms with Crippen molar-refractivity contribution in [2.45, 2.75) is 43.7 Å². The maximum atomic E-state index is 14.7. The number of halogens is 1. The van der Waals surface area contributed by atoms with Crippen molar-refractivity contribution < 1.29 is 14.0 Å². The SMILES string of the molecule is O=C(C1CCC2NNCC2C1)N1CCC2(CC1)C(=O)N(c1ccccc1F)CN2c1ccccc1. The first-order chi connectivity index (χ1) is 17.1. The van der Waals surface area contributed by atoms with Gasteiger partial charge >= 0.3 is 0 Å². The van der Waals surface area contributed by atoms with E-state index in [1.54, 1.807) is 23.1 Å². The lowest BCUT2D eigenvalue weighted by Crippen LogP contribution is -2.58. The Labute approximate surface area is 205 Å². The van der Waals surface area contributed by atoms with Crippen molar-refractivity contribution in [3.8, 4) is 0 Å². The smallest absolute Gasteiger partial charge is 0.254 e. The lowest BCUT2D eigenvalue weighted by molar-refractivity contribution is -0.140. The first kappa shape index (κ1) is 22.5. The molecule has 4 aliphatic rings. The zero-order chi connectivity index (χ0) is 24.0. The summed E-state index contributed by atoms with van der Waals surface area (Å²) in [7, 11) is 0. The van der Waals surface area contributed by atoms with Gasteiger partial charge in [-0.3, -0.25) is 25.3 Å². The number of hydrazine groups is 1. The van der Waals surface area contributed by atoms with E-state index < -0.39 is 11.4 Å². The van der Waals surface area contributed by atoms with Crippen LogP contribution in [0.4, 0.5) is 15.8 Å². The van der Waals surface area contributed by atoms with Gasteiger partial charge in [0.2, 0.25) is 5.91 Å². The van der Waals surface area contributed by atoms with Gasteiger partial charge in [-0.05, 0) is 62.3 Å². The lowest BCUT2D eigenvalue weighted by Gasteiger charge is -2.44. The average Bonchev–Trinajstić information content (AvgIpc) is 3.48. The predicted molar refractivity (Wildman–Crippen MR) is 132 cm³/mol. The van der Waals surface area contributed by atoms with E-state index in [9.17, 15) is 14.0 Å². The second-order valence-corrected chi connectivity index (χ2v) is 10.3. The highest BCUT2D eigenvalue weighted by atomic mass is 19.1. The third-order valence-electron chi connectivity index (χ3n) is 8.54. The highest BCUT2D eigenvalue weighted by Crippen LogP contribution is 2.42. The fourth-order valence-electron chi connectivity index (χ4n) is 6.56. The summed E-state index contributed by atoms with van der Waals surface area (Å²) in [6.45, 7) is 2.30. The molecule has 4 fully saturated rings. The number of benzene rings is 2. The molecule has 2 N–H and O–H groups in total. The summed E-state index contributed by atoms with van der Waals surface area (Å²) < 4.78 is 14.7. The minimum atomic E-state index is -0.780. The minimum absolute atomic E-state index is 0.0615. The maximum Gasteiger partial charge on any atom is 0.254 e. The molecule has 1 spiro atoms. The number of likely N-dealkylation sites (tertiary alicyclic amines) is 1. The van der Waals surface area contributed by atoms with Crippen molar-refractivity contribution in [3.63, 3.8) is 0 Å². The molecule has 3 saturated heterocycles. The van der Waals surface area contributed by atoms with Crippen LogP contribution in [0.1, 0.15) is 32.1 Å². The molecule has 1 aliphatic carbocycles. The molecular weight excluding hydrogens is 445 g/mol. The van der Waals surface area contributed by atoms with Crippen LogP contribution >= 0.6 is 0 Å². The number of amides is 2. The average molecular weight is 478 g/mol. The van der Waals surface area contributed by atoms with Crippen LogP contribution in [-0.4, -0.2) is 54.6 Å². The molecule has 3 heterocycles. The number of para-hydroxylation sites is 2. The van der Waals surface area contributed by atoms with Gasteiger partial charge < -0.3 is 9.80 Å². The summed E-state index contributed by atoms with van der Waals surface area (Å²) in [6.07, 6.45) is 3.93. The van der Waals surface area contributed by atoms with Crippen molar-refractivity contribution >= 4 is 23.2 Å². The number of fused-ring (bicyclic) bond motifs is 1. The van der Waals surface area contributed by atoms with Gasteiger partial charge in [0.25, 0.3) is 5.91 Å². The number of hydrogen-bond acceptors (Lipinski definition) is 5. The molecule has 6 rings (SSSR count). The lowest BCUT2D eigenvalue weighted by atomic mass is 9.77. The number of nitrogens with one attached hydrogen (secondary N) is 2. The van der Waals surface area contributed by atoms with Crippen molar-refractivity contribution in [1.82, 2.24) is 15.8 Å². The molecule has 2 aromatic carbocycles. The number of anilines is 2. The Bertz CT molecular complexity index is 1100. The topological polar surface area (TPSA) is 67.9 Å². The van der Waals surface area contributed by atoms with Crippen molar-refractivity contribution in [2.75, 3.05) is 36.1 Å². The van der Waals surface area contributed by atoms with Crippen molar-refractivity contribution in [2.24, 2.45) is 11.8 Å². The minimum Gasteiger partial charge on any atom is -0.342 e. The van der Waals surface area contributed by atoms with Gasteiger partial charge in [0.1, 0.15) is 11.4 Å². The molecule has 3 unspecified atom stereocenters. The van der Waals surface area contributed by atoms with Crippen LogP contribution in [0.3, 0.4) is 0 Å². The Morgan fingerprint density at radius 1 is 1.00 bits per heavy atom. The monoisotopic (exact) mass is 477 g/mol. The normalized spacial score (nSPS) is 28.0. The van der Waals surface area contributed by atoms with Crippen LogP contribution in [-0.2, 0) is 9.59 Å². The molecule has 8 heteroatoms. The fraction of sp³-hybridized carbons (Fsp3) is 0.481. The molecule has 3 aliphatic heterocycles. The van der Waals surface area contributed by atoms with Gasteiger partial charge in [0, 0.05) is 37.3 Å². The van der Waals surface area contributed by atoms with Crippen molar-refractivity contribution in [3.05, 3.63) is 60.4 Å². The van der Waals surface area contributed by atoms with Gasteiger partial charge in [0.15, 0.2) is 0 Å². The Kier molecular flexibility index (Phi) is 5.73. The quantitative estimate of drug-likeness (QED) is 0.712. The van der Waals surface area contributed by atoms with Gasteiger partial charge in [-0.25, -0.2) is 4.39 Å². The van der Waals surface area contributed by atoms with Crippen LogP contribution in [0.5, 0.6) is 0 Å². The summed E-state index contributed by atoms with van der Waals surface area (Å²) in [5.74, 6) is 0.319. The third kappa shape index (κ3) is 3.79. The van der Waals surface area contributed by atoms with E-state index in [4.69, 9.17) is 0 Å². The third-order valence-corrected chi connectivity index (χ3v) is 8.54. The summed E-state index contributed by atoms with van der Waals surface area (Å²) in [4.78, 5) is 33.0. The van der Waals surface area contributed by atoms with Gasteiger partial charge in [0.05, 0.1) is 12.4 Å². The first-order valence-electron chi connectivity index (χ1n) is 12.7. The van der Waals surface area contributed by atoms with Crippen LogP contribution in [0.25, 0.3) is 0 Å². The van der Waals surface area contributed by atoms with Gasteiger partial charge in [-0.15, -0.1) is 0 Å². The summed E-state index contributed by atoms with van der Waals surface area (Å²) >= 11 is 0. The molecule has 0 aromatic heterocycles. The molecule has 0 bridgehead atoms. The Balaban J connectivity index is 1.23. The number of carbonyl (C=O) groups is 2. The summed E-state index contributed by atoms with van der Waals surface area (Å²) in [5, 5.41) is 0. The summed E-state index contributed by atoms with van der Waals surface area (Å²) in [6, 6.07) is 16.8. The molecule has 2 amide bonds. The van der Waals surface area contributed by atoms with E-state index in [0.717, 1.165) is 31.5 Å². The van der Waals surface area contributed by atoms with E-state index in [-0.39, 0.29) is 17.7 Å². The molecular formula is C27H32FN5O2. The highest BCUT2D eigenvalue weighted by Gasteiger charge is 2.55. The zero-order valence-electron chi connectivity index (χ0n) is 19.8. The molecule has 184 valence electrons. The van der Waals surface area contributed by atoms with E-state index in [2.05, 4.69) is 15.8 Å². The molecule has 35 heavy (non-hydrogen) atoms. The second kappa shape index (κ2) is 8.91. The predicted octanol–water partition coefficient (Wildman–Crippen LogP) is 2.89. The van der Waals surface area contributed by atoms with Crippen LogP contribution < -0.4 is 20.7 Å². The Morgan fingerprint density at radius 2 is 1.74 bits per heavy atom. The molecule has 1 saturated carbocycles. The van der Waals surface area contributed by atoms with E-state index in [0.29, 0.717) is 50.2 Å². The van der Waals surface area contributed by atoms with E-state index in [1.165, 1.54) is 6.07 Å². The fourth-order valence-corrected chi connectivity index (χ4v) is 6.56. The van der Waals surface area contributed by atoms with Crippen molar-refractivity contribution in [1.29, 1.82) is 0 Å². The highest BCUT2D eigenvalue weighted by molar-refractivity contribution is 6.06. The second-order valence-electron chi connectivity index (χ2n) is 10.3. The zero-order valence-corrected chi connectivity index (χ0v) is 19.8. The Hall–Kier alpha value is -2.97. The molecule has 7 nitrogen and oxygen atoms in total. The van der Waals surface area contributed by atoms with E-state index >= 15 is 0 Å². The largest absolute Gasteiger partial charge is 0.342 e. The van der Waals surface area contributed by atoms with Gasteiger partial charge in [-0.1, -0.05) is 30.3 Å². The first-order valence-corrected chi connectivity index (χ1v) is 12.7. The van der Waals surface area contributed by atoms with Crippen LogP contribution in [0.15, 0.2) is 54.6 Å². The molecule has 3 atom stereocenters. The number of piperidine rings is 1. The number of rotatable bonds is 3. The Morgan fingerprint density at radius 3 is 2.51 bits per heavy atom.